The third kappa shape index (κ3) is 3.52. The number of nitrogens with zero attached hydrogens (tertiary/aromatic N) is 3. The second kappa shape index (κ2) is 6.39. The van der Waals surface area contributed by atoms with Crippen molar-refractivity contribution >= 4 is 5.69 Å². The fraction of sp³-hybridized carbons (Fsp3) is 0.312. The summed E-state index contributed by atoms with van der Waals surface area (Å²) in [7, 11) is 0. The molecule has 1 atom stereocenters. The van der Waals surface area contributed by atoms with Crippen molar-refractivity contribution in [1.82, 2.24) is 9.88 Å². The van der Waals surface area contributed by atoms with Gasteiger partial charge in [-0.2, -0.15) is 0 Å². The molecule has 0 radical (unpaired) electrons. The van der Waals surface area contributed by atoms with Crippen molar-refractivity contribution in [2.75, 3.05) is 13.1 Å². The zero-order chi connectivity index (χ0) is 16.4. The summed E-state index contributed by atoms with van der Waals surface area (Å²) in [5.41, 5.74) is 2.30. The number of pyridine rings is 1. The van der Waals surface area contributed by atoms with Crippen LogP contribution < -0.4 is 0 Å². The third-order valence-electron chi connectivity index (χ3n) is 4.00. The molecule has 6 nitrogen and oxygen atoms in total. The molecular weight excluding hydrogens is 301 g/mol. The van der Waals surface area contributed by atoms with Gasteiger partial charge in [0.05, 0.1) is 11.0 Å². The first kappa shape index (κ1) is 15.5. The summed E-state index contributed by atoms with van der Waals surface area (Å²) < 4.78 is 12.9. The van der Waals surface area contributed by atoms with Crippen LogP contribution in [-0.2, 0) is 13.0 Å². The number of rotatable bonds is 4. The van der Waals surface area contributed by atoms with E-state index in [-0.39, 0.29) is 11.5 Å². The molecule has 2 heterocycles. The molecule has 1 unspecified atom stereocenters. The number of β-amino-alcohol motifs (C(OH)–C–C–N with tert-alkyl or cyclic N) is 1. The van der Waals surface area contributed by atoms with Gasteiger partial charge in [0.2, 0.25) is 0 Å². The van der Waals surface area contributed by atoms with Gasteiger partial charge in [-0.15, -0.1) is 0 Å². The summed E-state index contributed by atoms with van der Waals surface area (Å²) in [6.45, 7) is 1.60. The van der Waals surface area contributed by atoms with E-state index in [1.54, 1.807) is 18.2 Å². The molecule has 1 aliphatic rings. The molecule has 3 rings (SSSR count). The van der Waals surface area contributed by atoms with E-state index in [2.05, 4.69) is 4.98 Å². The standard InChI is InChI=1S/C16H16FN3O3/c17-13-3-1-11(2-4-13)16(21)10-19-6-5-15-12(9-19)7-14(8-18-15)20(22)23/h1-4,7-8,16,21H,5-6,9-10H2. The van der Waals surface area contributed by atoms with Gasteiger partial charge in [0.25, 0.3) is 5.69 Å². The lowest BCUT2D eigenvalue weighted by Crippen LogP contribution is -2.34. The summed E-state index contributed by atoms with van der Waals surface area (Å²) >= 11 is 0. The highest BCUT2D eigenvalue weighted by Crippen LogP contribution is 2.23. The van der Waals surface area contributed by atoms with Crippen LogP contribution in [0, 0.1) is 15.9 Å². The van der Waals surface area contributed by atoms with E-state index in [1.165, 1.54) is 18.3 Å². The van der Waals surface area contributed by atoms with E-state index in [1.807, 2.05) is 4.90 Å². The second-order valence-corrected chi connectivity index (χ2v) is 5.61. The Morgan fingerprint density at radius 1 is 1.39 bits per heavy atom. The number of nitro groups is 1. The minimum Gasteiger partial charge on any atom is -0.387 e. The molecule has 1 aliphatic heterocycles. The topological polar surface area (TPSA) is 79.5 Å². The van der Waals surface area contributed by atoms with E-state index < -0.39 is 11.0 Å². The van der Waals surface area contributed by atoms with E-state index in [4.69, 9.17) is 0 Å². The van der Waals surface area contributed by atoms with E-state index in [0.717, 1.165) is 17.8 Å². The SMILES string of the molecule is O=[N+]([O-])c1cnc2c(c1)CN(CC(O)c1ccc(F)cc1)CC2. The Balaban J connectivity index is 1.70. The van der Waals surface area contributed by atoms with Gasteiger partial charge >= 0.3 is 0 Å². The van der Waals surface area contributed by atoms with Crippen LogP contribution in [0.15, 0.2) is 36.5 Å². The minimum absolute atomic E-state index is 0.0234. The van der Waals surface area contributed by atoms with Crippen LogP contribution >= 0.6 is 0 Å². The van der Waals surface area contributed by atoms with Crippen LogP contribution in [0.2, 0.25) is 0 Å². The van der Waals surface area contributed by atoms with Crippen LogP contribution in [0.5, 0.6) is 0 Å². The van der Waals surface area contributed by atoms with E-state index >= 15 is 0 Å². The Morgan fingerprint density at radius 2 is 2.13 bits per heavy atom. The zero-order valence-corrected chi connectivity index (χ0v) is 12.4. The number of hydrogen-bond donors (Lipinski definition) is 1. The fourth-order valence-corrected chi connectivity index (χ4v) is 2.76. The molecule has 0 aliphatic carbocycles. The molecule has 0 spiro atoms. The summed E-state index contributed by atoms with van der Waals surface area (Å²) in [5, 5.41) is 21.1. The average molecular weight is 317 g/mol. The van der Waals surface area contributed by atoms with Crippen LogP contribution in [-0.4, -0.2) is 33.0 Å². The van der Waals surface area contributed by atoms with Gasteiger partial charge in [-0.25, -0.2) is 4.39 Å². The number of aliphatic hydroxyl groups excluding tert-OH is 1. The number of aromatic nitrogens is 1. The molecule has 7 heteroatoms. The summed E-state index contributed by atoms with van der Waals surface area (Å²) in [6.07, 6.45) is 1.23. The molecule has 0 saturated carbocycles. The van der Waals surface area contributed by atoms with E-state index in [9.17, 15) is 19.6 Å². The Labute approximate surface area is 132 Å². The van der Waals surface area contributed by atoms with Crippen molar-refractivity contribution < 1.29 is 14.4 Å². The maximum atomic E-state index is 12.9. The molecule has 0 bridgehead atoms. The quantitative estimate of drug-likeness (QED) is 0.691. The van der Waals surface area contributed by atoms with Gasteiger partial charge in [0.15, 0.2) is 0 Å². The number of hydrogen-bond acceptors (Lipinski definition) is 5. The molecule has 1 N–H and O–H groups in total. The highest BCUT2D eigenvalue weighted by molar-refractivity contribution is 5.35. The molecule has 0 amide bonds. The third-order valence-corrected chi connectivity index (χ3v) is 4.00. The lowest BCUT2D eigenvalue weighted by atomic mass is 10.0. The van der Waals surface area contributed by atoms with Crippen LogP contribution in [0.25, 0.3) is 0 Å². The minimum atomic E-state index is -0.733. The fourth-order valence-electron chi connectivity index (χ4n) is 2.76. The lowest BCUT2D eigenvalue weighted by molar-refractivity contribution is -0.385. The predicted molar refractivity (Wildman–Crippen MR) is 81.2 cm³/mol. The van der Waals surface area contributed by atoms with Crippen molar-refractivity contribution in [2.45, 2.75) is 19.1 Å². The van der Waals surface area contributed by atoms with E-state index in [0.29, 0.717) is 25.1 Å². The van der Waals surface area contributed by atoms with Gasteiger partial charge < -0.3 is 5.11 Å². The number of aliphatic hydroxyl groups is 1. The first-order valence-electron chi connectivity index (χ1n) is 7.31. The number of benzene rings is 1. The van der Waals surface area contributed by atoms with Crippen LogP contribution in [0.3, 0.4) is 0 Å². The Hall–Kier alpha value is -2.38. The normalized spacial score (nSPS) is 15.9. The monoisotopic (exact) mass is 317 g/mol. The van der Waals surface area contributed by atoms with Crippen molar-refractivity contribution in [1.29, 1.82) is 0 Å². The summed E-state index contributed by atoms with van der Waals surface area (Å²) in [4.78, 5) is 16.5. The lowest BCUT2D eigenvalue weighted by Gasteiger charge is -2.29. The zero-order valence-electron chi connectivity index (χ0n) is 12.4. The van der Waals surface area contributed by atoms with Crippen molar-refractivity contribution in [3.8, 4) is 0 Å². The summed E-state index contributed by atoms with van der Waals surface area (Å²) in [5.74, 6) is -0.341. The number of fused-ring (bicyclic) bond motifs is 1. The van der Waals surface area contributed by atoms with Gasteiger partial charge in [-0.3, -0.25) is 20.0 Å². The molecule has 1 aromatic heterocycles. The smallest absolute Gasteiger partial charge is 0.287 e. The molecule has 23 heavy (non-hydrogen) atoms. The molecule has 0 fully saturated rings. The van der Waals surface area contributed by atoms with Gasteiger partial charge in [0.1, 0.15) is 12.0 Å². The molecule has 0 saturated heterocycles. The highest BCUT2D eigenvalue weighted by atomic mass is 19.1. The second-order valence-electron chi connectivity index (χ2n) is 5.61. The Kier molecular flexibility index (Phi) is 4.31. The maximum absolute atomic E-state index is 12.9. The highest BCUT2D eigenvalue weighted by Gasteiger charge is 2.22. The van der Waals surface area contributed by atoms with Crippen molar-refractivity contribution in [2.24, 2.45) is 0 Å². The number of halogens is 1. The molecular formula is C16H16FN3O3. The first-order valence-corrected chi connectivity index (χ1v) is 7.31. The molecule has 120 valence electrons. The van der Waals surface area contributed by atoms with Crippen LogP contribution in [0.4, 0.5) is 10.1 Å². The van der Waals surface area contributed by atoms with Gasteiger partial charge in [-0.05, 0) is 23.3 Å². The Morgan fingerprint density at radius 3 is 2.83 bits per heavy atom. The van der Waals surface area contributed by atoms with Crippen molar-refractivity contribution in [3.05, 3.63) is 69.3 Å². The van der Waals surface area contributed by atoms with Gasteiger partial charge in [-0.1, -0.05) is 12.1 Å². The maximum Gasteiger partial charge on any atom is 0.287 e. The Bertz CT molecular complexity index is 721. The summed E-state index contributed by atoms with van der Waals surface area (Å²) in [6, 6.07) is 7.29. The predicted octanol–water partition coefficient (Wildman–Crippen LogP) is 2.22. The first-order chi connectivity index (χ1) is 11.0. The largest absolute Gasteiger partial charge is 0.387 e. The van der Waals surface area contributed by atoms with Gasteiger partial charge in [0, 0.05) is 37.8 Å². The molecule has 1 aromatic carbocycles. The average Bonchev–Trinajstić information content (AvgIpc) is 2.54. The van der Waals surface area contributed by atoms with Crippen molar-refractivity contribution in [3.63, 3.8) is 0 Å². The molecule has 2 aromatic rings. The van der Waals surface area contributed by atoms with Crippen LogP contribution in [0.1, 0.15) is 22.9 Å².